The number of amides is 1. The number of hydrogen-bond acceptors (Lipinski definition) is 2. The Bertz CT molecular complexity index is 981. The van der Waals surface area contributed by atoms with Gasteiger partial charge in [0.1, 0.15) is 0 Å². The fourth-order valence-corrected chi connectivity index (χ4v) is 4.00. The van der Waals surface area contributed by atoms with Gasteiger partial charge in [-0.15, -0.1) is 0 Å². The van der Waals surface area contributed by atoms with E-state index in [4.69, 9.17) is 23.2 Å². The number of halogens is 2. The molecule has 0 spiro atoms. The summed E-state index contributed by atoms with van der Waals surface area (Å²) >= 11 is 12.3. The van der Waals surface area contributed by atoms with E-state index in [2.05, 4.69) is 34.5 Å². The van der Waals surface area contributed by atoms with Gasteiger partial charge in [0, 0.05) is 25.2 Å². The lowest BCUT2D eigenvalue weighted by Crippen LogP contribution is -2.29. The van der Waals surface area contributed by atoms with E-state index in [1.807, 2.05) is 24.3 Å². The van der Waals surface area contributed by atoms with Gasteiger partial charge >= 0.3 is 0 Å². The first kappa shape index (κ1) is 19.0. The number of fused-ring (bicyclic) bond motifs is 1. The minimum absolute atomic E-state index is 0.228. The monoisotopic (exact) mass is 410 g/mol. The van der Waals surface area contributed by atoms with Crippen LogP contribution in [0.5, 0.6) is 0 Å². The molecule has 1 heterocycles. The molecule has 3 aromatic rings. The molecule has 142 valence electrons. The molecule has 0 saturated heterocycles. The van der Waals surface area contributed by atoms with E-state index >= 15 is 0 Å². The molecule has 0 radical (unpaired) electrons. The molecule has 0 atom stereocenters. The Labute approximate surface area is 174 Å². The molecular weight excluding hydrogens is 391 g/mol. The van der Waals surface area contributed by atoms with Crippen molar-refractivity contribution in [3.63, 3.8) is 0 Å². The highest BCUT2D eigenvalue weighted by Gasteiger charge is 2.16. The van der Waals surface area contributed by atoms with Gasteiger partial charge < -0.3 is 5.32 Å². The third-order valence-corrected chi connectivity index (χ3v) is 5.66. The van der Waals surface area contributed by atoms with Crippen molar-refractivity contribution in [2.24, 2.45) is 0 Å². The minimum Gasteiger partial charge on any atom is -0.319 e. The molecule has 0 unspecified atom stereocenters. The van der Waals surface area contributed by atoms with Crippen LogP contribution in [-0.4, -0.2) is 17.4 Å². The van der Waals surface area contributed by atoms with Gasteiger partial charge in [0.2, 0.25) is 0 Å². The predicted molar refractivity (Wildman–Crippen MR) is 115 cm³/mol. The van der Waals surface area contributed by atoms with E-state index in [-0.39, 0.29) is 5.91 Å². The van der Waals surface area contributed by atoms with Gasteiger partial charge in [-0.1, -0.05) is 65.7 Å². The fraction of sp³-hybridized carbons (Fsp3) is 0.174. The molecule has 1 amide bonds. The van der Waals surface area contributed by atoms with E-state index in [9.17, 15) is 4.79 Å². The second-order valence-corrected chi connectivity index (χ2v) is 7.79. The molecule has 0 fully saturated rings. The zero-order chi connectivity index (χ0) is 19.5. The number of carbonyl (C=O) groups excluding carboxylic acids is 1. The molecule has 1 aliphatic rings. The molecular formula is C23H20Cl2N2O. The first-order valence-electron chi connectivity index (χ1n) is 9.23. The van der Waals surface area contributed by atoms with Crippen LogP contribution in [0, 0.1) is 0 Å². The van der Waals surface area contributed by atoms with E-state index in [1.54, 1.807) is 18.2 Å². The Hall–Kier alpha value is -2.33. The summed E-state index contributed by atoms with van der Waals surface area (Å²) in [5.74, 6) is -0.228. The first-order valence-corrected chi connectivity index (χ1v) is 9.99. The Morgan fingerprint density at radius 3 is 2.29 bits per heavy atom. The Morgan fingerprint density at radius 1 is 0.893 bits per heavy atom. The maximum atomic E-state index is 12.5. The Morgan fingerprint density at radius 2 is 1.57 bits per heavy atom. The average Bonchev–Trinajstić information content (AvgIpc) is 2.71. The zero-order valence-corrected chi connectivity index (χ0v) is 16.8. The van der Waals surface area contributed by atoms with Gasteiger partial charge in [0.05, 0.1) is 15.7 Å². The lowest BCUT2D eigenvalue weighted by molar-refractivity contribution is 0.102. The number of hydrogen-bond donors (Lipinski definition) is 1. The van der Waals surface area contributed by atoms with Crippen molar-refractivity contribution >= 4 is 34.8 Å². The summed E-state index contributed by atoms with van der Waals surface area (Å²) in [5, 5.41) is 3.63. The second kappa shape index (κ2) is 8.36. The molecule has 0 saturated carbocycles. The van der Waals surface area contributed by atoms with E-state index in [0.29, 0.717) is 21.3 Å². The van der Waals surface area contributed by atoms with Gasteiger partial charge in [-0.3, -0.25) is 9.69 Å². The van der Waals surface area contributed by atoms with Gasteiger partial charge in [-0.2, -0.15) is 0 Å². The highest BCUT2D eigenvalue weighted by atomic mass is 35.5. The number of benzene rings is 3. The van der Waals surface area contributed by atoms with Crippen molar-refractivity contribution in [3.8, 4) is 0 Å². The average molecular weight is 411 g/mol. The van der Waals surface area contributed by atoms with Crippen LogP contribution in [-0.2, 0) is 19.5 Å². The van der Waals surface area contributed by atoms with Crippen LogP contribution >= 0.6 is 23.2 Å². The summed E-state index contributed by atoms with van der Waals surface area (Å²) in [6.07, 6.45) is 1.08. The highest BCUT2D eigenvalue weighted by Crippen LogP contribution is 2.30. The molecule has 5 heteroatoms. The van der Waals surface area contributed by atoms with Crippen molar-refractivity contribution in [2.45, 2.75) is 19.5 Å². The van der Waals surface area contributed by atoms with Crippen molar-refractivity contribution in [2.75, 3.05) is 11.9 Å². The van der Waals surface area contributed by atoms with Crippen LogP contribution in [0.3, 0.4) is 0 Å². The summed E-state index contributed by atoms with van der Waals surface area (Å²) < 4.78 is 0. The summed E-state index contributed by atoms with van der Waals surface area (Å²) in [6, 6.07) is 21.4. The number of nitrogens with one attached hydrogen (secondary N) is 1. The Balaban J connectivity index is 1.41. The SMILES string of the molecule is O=C(Nc1c(Cl)cccc1Cl)c1ccc(CN2CCc3ccccc3C2)cc1. The van der Waals surface area contributed by atoms with Crippen LogP contribution in [0.25, 0.3) is 0 Å². The van der Waals surface area contributed by atoms with Crippen LogP contribution in [0.4, 0.5) is 5.69 Å². The van der Waals surface area contributed by atoms with Crippen LogP contribution in [0.2, 0.25) is 10.0 Å². The maximum absolute atomic E-state index is 12.5. The third kappa shape index (κ3) is 4.22. The zero-order valence-electron chi connectivity index (χ0n) is 15.3. The number of anilines is 1. The highest BCUT2D eigenvalue weighted by molar-refractivity contribution is 6.40. The van der Waals surface area contributed by atoms with Crippen molar-refractivity contribution in [1.82, 2.24) is 4.90 Å². The van der Waals surface area contributed by atoms with Crippen molar-refractivity contribution in [3.05, 3.63) is 99.0 Å². The van der Waals surface area contributed by atoms with Gasteiger partial charge in [0.15, 0.2) is 0 Å². The molecule has 3 nitrogen and oxygen atoms in total. The number of para-hydroxylation sites is 1. The molecule has 3 aromatic carbocycles. The second-order valence-electron chi connectivity index (χ2n) is 6.98. The number of carbonyl (C=O) groups is 1. The number of rotatable bonds is 4. The van der Waals surface area contributed by atoms with Gasteiger partial charge in [-0.05, 0) is 47.4 Å². The summed E-state index contributed by atoms with van der Waals surface area (Å²) in [7, 11) is 0. The fourth-order valence-electron chi connectivity index (χ4n) is 3.51. The minimum atomic E-state index is -0.228. The summed E-state index contributed by atoms with van der Waals surface area (Å²) in [6.45, 7) is 2.88. The maximum Gasteiger partial charge on any atom is 0.255 e. The molecule has 4 rings (SSSR count). The third-order valence-electron chi connectivity index (χ3n) is 5.03. The molecule has 28 heavy (non-hydrogen) atoms. The first-order chi connectivity index (χ1) is 13.6. The van der Waals surface area contributed by atoms with E-state index in [1.165, 1.54) is 16.7 Å². The van der Waals surface area contributed by atoms with Crippen molar-refractivity contribution in [1.29, 1.82) is 0 Å². The van der Waals surface area contributed by atoms with Crippen molar-refractivity contribution < 1.29 is 4.79 Å². The van der Waals surface area contributed by atoms with Gasteiger partial charge in [-0.25, -0.2) is 0 Å². The molecule has 1 N–H and O–H groups in total. The van der Waals surface area contributed by atoms with Crippen LogP contribution in [0.1, 0.15) is 27.0 Å². The number of nitrogens with zero attached hydrogens (tertiary/aromatic N) is 1. The largest absolute Gasteiger partial charge is 0.319 e. The predicted octanol–water partition coefficient (Wildman–Crippen LogP) is 5.80. The summed E-state index contributed by atoms with van der Waals surface area (Å²) in [5.41, 5.74) is 5.05. The Kier molecular flexibility index (Phi) is 5.67. The molecule has 0 aliphatic carbocycles. The quantitative estimate of drug-likeness (QED) is 0.588. The lowest BCUT2D eigenvalue weighted by Gasteiger charge is -2.28. The lowest BCUT2D eigenvalue weighted by atomic mass is 9.99. The molecule has 1 aliphatic heterocycles. The van der Waals surface area contributed by atoms with E-state index < -0.39 is 0 Å². The van der Waals surface area contributed by atoms with Crippen LogP contribution in [0.15, 0.2) is 66.7 Å². The summed E-state index contributed by atoms with van der Waals surface area (Å²) in [4.78, 5) is 14.9. The van der Waals surface area contributed by atoms with E-state index in [0.717, 1.165) is 26.1 Å². The topological polar surface area (TPSA) is 32.3 Å². The van der Waals surface area contributed by atoms with Crippen LogP contribution < -0.4 is 5.32 Å². The van der Waals surface area contributed by atoms with Gasteiger partial charge in [0.25, 0.3) is 5.91 Å². The normalized spacial score (nSPS) is 13.8. The molecule has 0 bridgehead atoms. The molecule has 0 aromatic heterocycles. The smallest absolute Gasteiger partial charge is 0.255 e. The standard InChI is InChI=1S/C23H20Cl2N2O/c24-20-6-3-7-21(25)22(20)26-23(28)18-10-8-16(9-11-18)14-27-13-12-17-4-1-2-5-19(17)15-27/h1-11H,12-15H2,(H,26,28).